The van der Waals surface area contributed by atoms with Crippen molar-refractivity contribution in [3.05, 3.63) is 0 Å². The zero-order valence-corrected chi connectivity index (χ0v) is 20.6. The van der Waals surface area contributed by atoms with Gasteiger partial charge in [0.1, 0.15) is 0 Å². The summed E-state index contributed by atoms with van der Waals surface area (Å²) >= 11 is 7.78. The van der Waals surface area contributed by atoms with Gasteiger partial charge in [0.15, 0.2) is 0 Å². The Hall–Kier alpha value is 0.250. The lowest BCUT2D eigenvalue weighted by atomic mass is 9.44. The largest absolute Gasteiger partial charge is 0.393 e. The highest BCUT2D eigenvalue weighted by molar-refractivity contribution is 6.25. The normalized spacial score (nSPS) is 50.7. The molecule has 0 amide bonds. The highest BCUT2D eigenvalue weighted by Gasteiger charge is 2.67. The van der Waals surface area contributed by atoms with E-state index in [-0.39, 0.29) is 11.0 Å². The molecule has 4 aliphatic rings. The summed E-state index contributed by atoms with van der Waals surface area (Å²) in [6.45, 7) is 12.4. The van der Waals surface area contributed by atoms with Crippen LogP contribution in [0.4, 0.5) is 0 Å². The minimum absolute atomic E-state index is 0.0247. The van der Waals surface area contributed by atoms with Crippen LogP contribution >= 0.6 is 11.6 Å². The fourth-order valence-electron chi connectivity index (χ4n) is 9.15. The van der Waals surface area contributed by atoms with Gasteiger partial charge in [0.05, 0.1) is 11.0 Å². The summed E-state index contributed by atoms with van der Waals surface area (Å²) in [5, 5.41) is 10.3. The Kier molecular flexibility index (Phi) is 6.18. The van der Waals surface area contributed by atoms with Gasteiger partial charge >= 0.3 is 0 Å². The molecule has 4 fully saturated rings. The van der Waals surface area contributed by atoms with E-state index in [1.54, 1.807) is 0 Å². The van der Waals surface area contributed by atoms with Gasteiger partial charge < -0.3 is 5.11 Å². The van der Waals surface area contributed by atoms with Gasteiger partial charge in [0.25, 0.3) is 0 Å². The van der Waals surface area contributed by atoms with Crippen LogP contribution in [0.15, 0.2) is 0 Å². The van der Waals surface area contributed by atoms with Gasteiger partial charge in [-0.15, -0.1) is 11.6 Å². The molecule has 1 unspecified atom stereocenters. The molecule has 1 N–H and O–H groups in total. The fourth-order valence-corrected chi connectivity index (χ4v) is 9.76. The molecule has 2 heteroatoms. The van der Waals surface area contributed by atoms with Crippen molar-refractivity contribution in [3.8, 4) is 0 Å². The van der Waals surface area contributed by atoms with Gasteiger partial charge in [-0.2, -0.15) is 0 Å². The summed E-state index contributed by atoms with van der Waals surface area (Å²) in [6.07, 6.45) is 15.3. The Bertz CT molecular complexity index is 589. The molecule has 29 heavy (non-hydrogen) atoms. The Morgan fingerprint density at radius 2 is 1.66 bits per heavy atom. The van der Waals surface area contributed by atoms with Crippen LogP contribution < -0.4 is 0 Å². The summed E-state index contributed by atoms with van der Waals surface area (Å²) < 4.78 is 0. The number of aliphatic hydroxyl groups excluding tert-OH is 1. The smallest absolute Gasteiger partial charge is 0.0543 e. The molecule has 0 saturated heterocycles. The highest BCUT2D eigenvalue weighted by atomic mass is 35.5. The summed E-state index contributed by atoms with van der Waals surface area (Å²) in [5.41, 5.74) is 0.747. The molecule has 4 rings (SSSR count). The molecular weight excluding hydrogens is 376 g/mol. The van der Waals surface area contributed by atoms with Crippen LogP contribution in [0.5, 0.6) is 0 Å². The van der Waals surface area contributed by atoms with Gasteiger partial charge in [0.2, 0.25) is 0 Å². The van der Waals surface area contributed by atoms with Crippen LogP contribution in [0.1, 0.15) is 112 Å². The molecular formula is C27H47ClO. The van der Waals surface area contributed by atoms with E-state index in [2.05, 4.69) is 34.6 Å². The lowest BCUT2D eigenvalue weighted by molar-refractivity contribution is -0.120. The number of fused-ring (bicyclic) bond motifs is 5. The molecule has 9 atom stereocenters. The molecule has 1 nitrogen and oxygen atoms in total. The molecule has 0 bridgehead atoms. The third kappa shape index (κ3) is 3.53. The third-order valence-electron chi connectivity index (χ3n) is 10.9. The Morgan fingerprint density at radius 1 is 0.897 bits per heavy atom. The van der Waals surface area contributed by atoms with Gasteiger partial charge in [-0.05, 0) is 104 Å². The summed E-state index contributed by atoms with van der Waals surface area (Å²) in [7, 11) is 0. The van der Waals surface area contributed by atoms with Crippen LogP contribution in [0.25, 0.3) is 0 Å². The average molecular weight is 423 g/mol. The lowest BCUT2D eigenvalue weighted by Crippen LogP contribution is -2.60. The van der Waals surface area contributed by atoms with E-state index in [1.807, 2.05) is 0 Å². The standard InChI is InChI=1S/C27H47ClO/c1-18(2)7-6-8-19(3)22-13-16-27(28)24-10-9-20-17-21(29)11-14-25(20,4)23(24)12-15-26(22,27)5/h18-24,29H,6-17H2,1-5H3/t19-,20?,21-,22-,23+,24-,25+,26-,27+/m1/s1. The first-order chi connectivity index (χ1) is 13.6. The SMILES string of the molecule is CC(C)CCC[C@@H](C)[C@H]1CC[C@]2(Cl)[C@@H]3CCC4C[C@H](O)CC[C@]4(C)[C@H]3CC[C@]12C. The Labute approximate surface area is 185 Å². The first-order valence-corrected chi connectivity index (χ1v) is 13.4. The Balaban J connectivity index is 1.52. The number of alkyl halides is 1. The maximum atomic E-state index is 10.3. The molecule has 0 spiro atoms. The van der Waals surface area contributed by atoms with Gasteiger partial charge in [-0.3, -0.25) is 0 Å². The molecule has 4 aliphatic carbocycles. The fraction of sp³-hybridized carbons (Fsp3) is 1.00. The molecule has 0 heterocycles. The van der Waals surface area contributed by atoms with E-state index in [1.165, 1.54) is 64.2 Å². The minimum Gasteiger partial charge on any atom is -0.393 e. The summed E-state index contributed by atoms with van der Waals surface area (Å²) in [6, 6.07) is 0. The zero-order valence-electron chi connectivity index (χ0n) is 19.9. The quantitative estimate of drug-likeness (QED) is 0.447. The van der Waals surface area contributed by atoms with Gasteiger partial charge in [0, 0.05) is 0 Å². The van der Waals surface area contributed by atoms with Crippen molar-refractivity contribution in [1.29, 1.82) is 0 Å². The average Bonchev–Trinajstić information content (AvgIpc) is 2.93. The van der Waals surface area contributed by atoms with Crippen molar-refractivity contribution in [1.82, 2.24) is 0 Å². The third-order valence-corrected chi connectivity index (χ3v) is 11.8. The predicted molar refractivity (Wildman–Crippen MR) is 124 cm³/mol. The maximum absolute atomic E-state index is 10.3. The lowest BCUT2D eigenvalue weighted by Gasteiger charge is -2.63. The van der Waals surface area contributed by atoms with Crippen LogP contribution in [0.2, 0.25) is 0 Å². The van der Waals surface area contributed by atoms with Crippen LogP contribution in [-0.2, 0) is 0 Å². The molecule has 0 aromatic carbocycles. The molecule has 0 aliphatic heterocycles. The zero-order chi connectivity index (χ0) is 21.0. The van der Waals surface area contributed by atoms with E-state index < -0.39 is 0 Å². The van der Waals surface area contributed by atoms with Crippen LogP contribution in [-0.4, -0.2) is 16.1 Å². The van der Waals surface area contributed by atoms with Crippen molar-refractivity contribution < 1.29 is 5.11 Å². The summed E-state index contributed by atoms with van der Waals surface area (Å²) in [5.74, 6) is 4.67. The van der Waals surface area contributed by atoms with Crippen molar-refractivity contribution >= 4 is 11.6 Å². The molecule has 0 radical (unpaired) electrons. The molecule has 0 aromatic heterocycles. The van der Waals surface area contributed by atoms with Gasteiger partial charge in [-0.1, -0.05) is 53.9 Å². The number of hydrogen-bond acceptors (Lipinski definition) is 1. The summed E-state index contributed by atoms with van der Waals surface area (Å²) in [4.78, 5) is 0.0247. The van der Waals surface area contributed by atoms with E-state index in [0.717, 1.165) is 42.4 Å². The first kappa shape index (κ1) is 22.4. The van der Waals surface area contributed by atoms with E-state index in [9.17, 15) is 5.11 Å². The van der Waals surface area contributed by atoms with Crippen molar-refractivity contribution in [2.24, 2.45) is 46.3 Å². The number of halogens is 1. The van der Waals surface area contributed by atoms with E-state index in [0.29, 0.717) is 16.7 Å². The van der Waals surface area contributed by atoms with Crippen molar-refractivity contribution in [2.75, 3.05) is 0 Å². The van der Waals surface area contributed by atoms with Crippen LogP contribution in [0.3, 0.4) is 0 Å². The number of aliphatic hydroxyl groups is 1. The predicted octanol–water partition coefficient (Wildman–Crippen LogP) is 7.83. The maximum Gasteiger partial charge on any atom is 0.0543 e. The monoisotopic (exact) mass is 422 g/mol. The van der Waals surface area contributed by atoms with Crippen LogP contribution in [0, 0.1) is 46.3 Å². The minimum atomic E-state index is -0.0500. The highest BCUT2D eigenvalue weighted by Crippen LogP contribution is 2.72. The van der Waals surface area contributed by atoms with Crippen molar-refractivity contribution in [3.63, 3.8) is 0 Å². The van der Waals surface area contributed by atoms with E-state index >= 15 is 0 Å². The second-order valence-electron chi connectivity index (χ2n) is 12.7. The first-order valence-electron chi connectivity index (χ1n) is 13.0. The molecule has 168 valence electrons. The molecule has 0 aromatic rings. The number of hydrogen-bond donors (Lipinski definition) is 1. The second kappa shape index (κ2) is 7.99. The second-order valence-corrected chi connectivity index (χ2v) is 13.4. The topological polar surface area (TPSA) is 20.2 Å². The number of rotatable bonds is 5. The van der Waals surface area contributed by atoms with Crippen molar-refractivity contribution in [2.45, 2.75) is 123 Å². The van der Waals surface area contributed by atoms with Gasteiger partial charge in [-0.25, -0.2) is 0 Å². The van der Waals surface area contributed by atoms with E-state index in [4.69, 9.17) is 11.6 Å². The Morgan fingerprint density at radius 3 is 2.38 bits per heavy atom. The molecule has 4 saturated carbocycles.